The molecule has 0 bridgehead atoms. The highest BCUT2D eigenvalue weighted by atomic mass is 16.4. The molecule has 0 saturated carbocycles. The van der Waals surface area contributed by atoms with E-state index < -0.39 is 11.9 Å². The second kappa shape index (κ2) is 6.15. The van der Waals surface area contributed by atoms with Crippen molar-refractivity contribution >= 4 is 22.8 Å². The maximum Gasteiger partial charge on any atom is 0.334 e. The number of carbonyl (C=O) groups is 1. The summed E-state index contributed by atoms with van der Waals surface area (Å²) in [7, 11) is 0. The smallest absolute Gasteiger partial charge is 0.334 e. The molecule has 4 rings (SSSR count). The van der Waals surface area contributed by atoms with Gasteiger partial charge in [0.05, 0.1) is 17.5 Å². The molecule has 1 aromatic carbocycles. The first-order valence-corrected chi connectivity index (χ1v) is 8.22. The molecule has 6 nitrogen and oxygen atoms in total. The Morgan fingerprint density at radius 2 is 2.08 bits per heavy atom. The Hall–Kier alpha value is -3.41. The second-order valence-electron chi connectivity index (χ2n) is 6.18. The molecule has 1 aliphatic heterocycles. The molecule has 6 heteroatoms. The third-order valence-electron chi connectivity index (χ3n) is 4.65. The minimum atomic E-state index is -0.957. The third-order valence-corrected chi connectivity index (χ3v) is 4.65. The van der Waals surface area contributed by atoms with E-state index in [0.717, 1.165) is 16.9 Å². The molecule has 1 unspecified atom stereocenters. The fourth-order valence-electron chi connectivity index (χ4n) is 3.58. The van der Waals surface area contributed by atoms with Crippen LogP contribution in [0.1, 0.15) is 25.3 Å². The van der Waals surface area contributed by atoms with E-state index in [1.807, 2.05) is 55.2 Å². The van der Waals surface area contributed by atoms with Crippen LogP contribution in [0.15, 0.2) is 76.6 Å². The zero-order valence-corrected chi connectivity index (χ0v) is 14.4. The predicted molar refractivity (Wildman–Crippen MR) is 97.6 cm³/mol. The van der Waals surface area contributed by atoms with Gasteiger partial charge in [-0.2, -0.15) is 0 Å². The average Bonchev–Trinajstić information content (AvgIpc) is 3.10. The number of allylic oxidation sites excluding steroid dienone is 3. The predicted octanol–water partition coefficient (Wildman–Crippen LogP) is 4.09. The molecule has 130 valence electrons. The number of nitrogens with zero attached hydrogens (tertiary/aromatic N) is 3. The fraction of sp³-hybridized carbons (Fsp3) is 0.150. The number of fused-ring (bicyclic) bond motifs is 1. The number of benzene rings is 1. The fourth-order valence-corrected chi connectivity index (χ4v) is 3.58. The lowest BCUT2D eigenvalue weighted by atomic mass is 9.85. The first-order valence-electron chi connectivity index (χ1n) is 8.22. The third kappa shape index (κ3) is 2.47. The van der Waals surface area contributed by atoms with E-state index in [-0.39, 0.29) is 0 Å². The number of oxazole rings is 1. The molecule has 1 N–H and O–H groups in total. The van der Waals surface area contributed by atoms with Crippen LogP contribution < -0.4 is 4.90 Å². The van der Waals surface area contributed by atoms with Crippen LogP contribution in [0.3, 0.4) is 0 Å². The molecule has 2 aromatic heterocycles. The maximum absolute atomic E-state index is 12.1. The summed E-state index contributed by atoms with van der Waals surface area (Å²) in [6.45, 7) is 3.78. The van der Waals surface area contributed by atoms with Gasteiger partial charge >= 0.3 is 5.97 Å². The average molecular weight is 347 g/mol. The van der Waals surface area contributed by atoms with Gasteiger partial charge in [0, 0.05) is 29.1 Å². The Balaban J connectivity index is 1.91. The van der Waals surface area contributed by atoms with E-state index in [2.05, 4.69) is 9.97 Å². The van der Waals surface area contributed by atoms with Crippen LogP contribution in [0.2, 0.25) is 0 Å². The highest BCUT2D eigenvalue weighted by Crippen LogP contribution is 2.40. The van der Waals surface area contributed by atoms with Crippen LogP contribution >= 0.6 is 0 Å². The summed E-state index contributed by atoms with van der Waals surface area (Å²) in [5.41, 5.74) is 4.85. The van der Waals surface area contributed by atoms with Crippen molar-refractivity contribution in [1.82, 2.24) is 9.97 Å². The van der Waals surface area contributed by atoms with Gasteiger partial charge in [-0.05, 0) is 32.0 Å². The standard InChI is InChI=1S/C20H17N3O3/c1-12-9-16(15-6-3-7-17-19(15)26-11-22-17)18(20(24)25)13(2)23(12)14-5-4-8-21-10-14/h3-11,16H,1-2H3,(H,24,25). The summed E-state index contributed by atoms with van der Waals surface area (Å²) in [4.78, 5) is 22.4. The highest BCUT2D eigenvalue weighted by molar-refractivity contribution is 5.93. The van der Waals surface area contributed by atoms with Gasteiger partial charge in [-0.15, -0.1) is 0 Å². The van der Waals surface area contributed by atoms with Gasteiger partial charge in [0.25, 0.3) is 0 Å². The van der Waals surface area contributed by atoms with Crippen molar-refractivity contribution in [3.05, 3.63) is 77.7 Å². The molecule has 0 spiro atoms. The maximum atomic E-state index is 12.1. The summed E-state index contributed by atoms with van der Waals surface area (Å²) in [6.07, 6.45) is 6.74. The Morgan fingerprint density at radius 1 is 1.23 bits per heavy atom. The van der Waals surface area contributed by atoms with E-state index in [9.17, 15) is 9.90 Å². The SMILES string of the molecule is CC1=CC(c2cccc3ncoc23)C(C(=O)O)=C(C)N1c1cccnc1. The summed E-state index contributed by atoms with van der Waals surface area (Å²) in [5, 5.41) is 9.94. The van der Waals surface area contributed by atoms with Crippen molar-refractivity contribution in [1.29, 1.82) is 0 Å². The first-order chi connectivity index (χ1) is 12.6. The van der Waals surface area contributed by atoms with Crippen molar-refractivity contribution < 1.29 is 14.3 Å². The zero-order valence-electron chi connectivity index (χ0n) is 14.4. The summed E-state index contributed by atoms with van der Waals surface area (Å²) >= 11 is 0. The number of carboxylic acids is 1. The van der Waals surface area contributed by atoms with Crippen molar-refractivity contribution in [3.8, 4) is 0 Å². The molecular formula is C20H17N3O3. The number of aromatic nitrogens is 2. The van der Waals surface area contributed by atoms with Crippen LogP contribution in [0, 0.1) is 0 Å². The number of hydrogen-bond donors (Lipinski definition) is 1. The molecule has 0 saturated heterocycles. The molecule has 0 fully saturated rings. The molecular weight excluding hydrogens is 330 g/mol. The highest BCUT2D eigenvalue weighted by Gasteiger charge is 2.32. The Kier molecular flexibility index (Phi) is 3.80. The molecule has 3 aromatic rings. The van der Waals surface area contributed by atoms with Gasteiger partial charge in [0.15, 0.2) is 12.0 Å². The number of anilines is 1. The van der Waals surface area contributed by atoms with Crippen LogP contribution in [-0.4, -0.2) is 21.0 Å². The van der Waals surface area contributed by atoms with Gasteiger partial charge in [-0.25, -0.2) is 9.78 Å². The van der Waals surface area contributed by atoms with Gasteiger partial charge < -0.3 is 14.4 Å². The summed E-state index contributed by atoms with van der Waals surface area (Å²) in [5.74, 6) is -1.38. The van der Waals surface area contributed by atoms with E-state index >= 15 is 0 Å². The Labute approximate surface area is 150 Å². The van der Waals surface area contributed by atoms with Crippen molar-refractivity contribution in [2.24, 2.45) is 0 Å². The molecule has 3 heterocycles. The number of carboxylic acid groups (broad SMARTS) is 1. The zero-order chi connectivity index (χ0) is 18.3. The molecule has 1 aliphatic rings. The Bertz CT molecular complexity index is 1050. The van der Waals surface area contributed by atoms with Gasteiger partial charge in [0.2, 0.25) is 0 Å². The number of hydrogen-bond acceptors (Lipinski definition) is 5. The quantitative estimate of drug-likeness (QED) is 0.769. The largest absolute Gasteiger partial charge is 0.478 e. The molecule has 26 heavy (non-hydrogen) atoms. The van der Waals surface area contributed by atoms with Gasteiger partial charge in [-0.3, -0.25) is 4.98 Å². The van der Waals surface area contributed by atoms with E-state index in [1.54, 1.807) is 12.4 Å². The molecule has 1 atom stereocenters. The number of pyridine rings is 1. The van der Waals surface area contributed by atoms with E-state index in [4.69, 9.17) is 4.42 Å². The van der Waals surface area contributed by atoms with Gasteiger partial charge in [-0.1, -0.05) is 18.2 Å². The van der Waals surface area contributed by atoms with Crippen molar-refractivity contribution in [3.63, 3.8) is 0 Å². The Morgan fingerprint density at radius 3 is 2.81 bits per heavy atom. The van der Waals surface area contributed by atoms with Crippen LogP contribution in [0.25, 0.3) is 11.1 Å². The van der Waals surface area contributed by atoms with E-state index in [1.165, 1.54) is 6.39 Å². The summed E-state index contributed by atoms with van der Waals surface area (Å²) < 4.78 is 5.53. The van der Waals surface area contributed by atoms with Crippen molar-refractivity contribution in [2.75, 3.05) is 4.90 Å². The number of para-hydroxylation sites is 1. The van der Waals surface area contributed by atoms with Gasteiger partial charge in [0.1, 0.15) is 5.52 Å². The first kappa shape index (κ1) is 16.1. The molecule has 0 aliphatic carbocycles. The lowest BCUT2D eigenvalue weighted by Crippen LogP contribution is -2.29. The minimum Gasteiger partial charge on any atom is -0.478 e. The van der Waals surface area contributed by atoms with Crippen molar-refractivity contribution in [2.45, 2.75) is 19.8 Å². The topological polar surface area (TPSA) is 79.5 Å². The second-order valence-corrected chi connectivity index (χ2v) is 6.18. The van der Waals surface area contributed by atoms with Crippen LogP contribution in [0.5, 0.6) is 0 Å². The lowest BCUT2D eigenvalue weighted by molar-refractivity contribution is -0.132. The van der Waals surface area contributed by atoms with E-state index in [0.29, 0.717) is 22.4 Å². The van der Waals surface area contributed by atoms with Crippen LogP contribution in [0.4, 0.5) is 5.69 Å². The molecule has 0 amide bonds. The number of rotatable bonds is 3. The number of aliphatic carboxylic acids is 1. The molecule has 0 radical (unpaired) electrons. The minimum absolute atomic E-state index is 0.309. The normalized spacial score (nSPS) is 17.5. The monoisotopic (exact) mass is 347 g/mol. The summed E-state index contributed by atoms with van der Waals surface area (Å²) in [6, 6.07) is 9.34. The lowest BCUT2D eigenvalue weighted by Gasteiger charge is -2.34. The van der Waals surface area contributed by atoms with Crippen LogP contribution in [-0.2, 0) is 4.79 Å².